The molecule has 0 aliphatic heterocycles. The van der Waals surface area contributed by atoms with Gasteiger partial charge in [0.15, 0.2) is 0 Å². The highest BCUT2D eigenvalue weighted by atomic mass is 14.1. The monoisotopic (exact) mass is 122 g/mol. The molecule has 50 valence electrons. The second-order valence-electron chi connectivity index (χ2n) is 3.01. The lowest BCUT2D eigenvalue weighted by Gasteiger charge is -2.17. The number of hydrogen-bond acceptors (Lipinski definition) is 0. The Balaban J connectivity index is 2.70. The Morgan fingerprint density at radius 3 is 2.78 bits per heavy atom. The van der Waals surface area contributed by atoms with Gasteiger partial charge in [0, 0.05) is 0 Å². The molecule has 1 aliphatic rings. The first-order valence-electron chi connectivity index (χ1n) is 3.56. The minimum atomic E-state index is 0.716. The molecule has 0 fully saturated rings. The molecular weight excluding hydrogens is 108 g/mol. The van der Waals surface area contributed by atoms with Crippen molar-refractivity contribution >= 4 is 0 Å². The van der Waals surface area contributed by atoms with E-state index in [0.717, 1.165) is 0 Å². The van der Waals surface area contributed by atoms with Crippen LogP contribution < -0.4 is 0 Å². The Hall–Kier alpha value is -0.520. The third-order valence-corrected chi connectivity index (χ3v) is 2.04. The molecule has 0 aromatic heterocycles. The molecule has 0 saturated heterocycles. The molecule has 1 unspecified atom stereocenters. The van der Waals surface area contributed by atoms with Gasteiger partial charge in [-0.3, -0.25) is 0 Å². The van der Waals surface area contributed by atoms with Gasteiger partial charge >= 0.3 is 0 Å². The minimum absolute atomic E-state index is 0.716. The maximum Gasteiger partial charge on any atom is -0.0193 e. The first-order valence-corrected chi connectivity index (χ1v) is 3.56. The van der Waals surface area contributed by atoms with Crippen molar-refractivity contribution in [2.75, 3.05) is 0 Å². The third-order valence-electron chi connectivity index (χ3n) is 2.04. The molecule has 0 radical (unpaired) electrons. The van der Waals surface area contributed by atoms with Gasteiger partial charge in [0.1, 0.15) is 0 Å². The molecule has 1 aliphatic carbocycles. The average molecular weight is 122 g/mol. The fourth-order valence-electron chi connectivity index (χ4n) is 1.16. The molecule has 0 aromatic rings. The topological polar surface area (TPSA) is 0 Å². The molecule has 0 spiro atoms. The fourth-order valence-corrected chi connectivity index (χ4v) is 1.16. The van der Waals surface area contributed by atoms with Crippen LogP contribution in [0.15, 0.2) is 23.8 Å². The van der Waals surface area contributed by atoms with Gasteiger partial charge in [-0.05, 0) is 25.7 Å². The summed E-state index contributed by atoms with van der Waals surface area (Å²) in [6.07, 6.45) is 4.77. The zero-order valence-corrected chi connectivity index (χ0v) is 6.28. The zero-order chi connectivity index (χ0) is 6.85. The smallest absolute Gasteiger partial charge is 0.0193 e. The van der Waals surface area contributed by atoms with Crippen LogP contribution in [0.1, 0.15) is 26.7 Å². The molecule has 1 atom stereocenters. The van der Waals surface area contributed by atoms with E-state index in [-0.39, 0.29) is 0 Å². The Bertz CT molecular complexity index is 151. The van der Waals surface area contributed by atoms with Crippen LogP contribution >= 0.6 is 0 Å². The van der Waals surface area contributed by atoms with Crippen LogP contribution in [0.2, 0.25) is 0 Å². The Morgan fingerprint density at radius 2 is 2.33 bits per heavy atom. The van der Waals surface area contributed by atoms with E-state index in [4.69, 9.17) is 0 Å². The van der Waals surface area contributed by atoms with Crippen molar-refractivity contribution in [3.8, 4) is 0 Å². The molecule has 0 aromatic carbocycles. The van der Waals surface area contributed by atoms with Gasteiger partial charge < -0.3 is 0 Å². The normalized spacial score (nSPS) is 28.0. The van der Waals surface area contributed by atoms with Crippen LogP contribution in [-0.4, -0.2) is 0 Å². The van der Waals surface area contributed by atoms with E-state index >= 15 is 0 Å². The van der Waals surface area contributed by atoms with E-state index in [0.29, 0.717) is 5.92 Å². The van der Waals surface area contributed by atoms with Crippen LogP contribution in [0.4, 0.5) is 0 Å². The third kappa shape index (κ3) is 1.44. The van der Waals surface area contributed by atoms with Gasteiger partial charge in [-0.2, -0.15) is 0 Å². The molecule has 0 bridgehead atoms. The van der Waals surface area contributed by atoms with Crippen molar-refractivity contribution in [1.29, 1.82) is 0 Å². The van der Waals surface area contributed by atoms with Gasteiger partial charge in [-0.25, -0.2) is 0 Å². The predicted octanol–water partition coefficient (Wildman–Crippen LogP) is 2.92. The van der Waals surface area contributed by atoms with Crippen molar-refractivity contribution < 1.29 is 0 Å². The zero-order valence-electron chi connectivity index (χ0n) is 6.28. The summed E-state index contributed by atoms with van der Waals surface area (Å²) in [5.74, 6) is 0.716. The molecule has 1 rings (SSSR count). The molecule has 0 amide bonds. The first-order chi connectivity index (χ1) is 4.20. The van der Waals surface area contributed by atoms with Gasteiger partial charge in [0.2, 0.25) is 0 Å². The second kappa shape index (κ2) is 2.38. The van der Waals surface area contributed by atoms with E-state index in [1.54, 1.807) is 0 Å². The standard InChI is InChI=1S/C9H14/c1-7-4-5-8(2)9(3)6-7/h6,8H,3-5H2,1-2H3. The van der Waals surface area contributed by atoms with Crippen molar-refractivity contribution in [1.82, 2.24) is 0 Å². The van der Waals surface area contributed by atoms with Crippen molar-refractivity contribution in [3.63, 3.8) is 0 Å². The average Bonchev–Trinajstić information content (AvgIpc) is 1.80. The summed E-state index contributed by atoms with van der Waals surface area (Å²) in [5, 5.41) is 0. The molecule has 0 heteroatoms. The molecule has 9 heavy (non-hydrogen) atoms. The summed E-state index contributed by atoms with van der Waals surface area (Å²) in [6, 6.07) is 0. The highest BCUT2D eigenvalue weighted by Gasteiger charge is 2.09. The van der Waals surface area contributed by atoms with E-state index in [1.807, 2.05) is 0 Å². The summed E-state index contributed by atoms with van der Waals surface area (Å²) in [6.45, 7) is 8.39. The SMILES string of the molecule is C=C1C=C(C)CCC1C. The van der Waals surface area contributed by atoms with Crippen molar-refractivity contribution in [2.24, 2.45) is 5.92 Å². The lowest BCUT2D eigenvalue weighted by Crippen LogP contribution is -2.02. The number of hydrogen-bond donors (Lipinski definition) is 0. The van der Waals surface area contributed by atoms with Gasteiger partial charge in [-0.15, -0.1) is 0 Å². The molecule has 0 nitrogen and oxygen atoms in total. The Morgan fingerprint density at radius 1 is 1.67 bits per heavy atom. The van der Waals surface area contributed by atoms with Crippen LogP contribution in [0, 0.1) is 5.92 Å². The van der Waals surface area contributed by atoms with Gasteiger partial charge in [0.05, 0.1) is 0 Å². The van der Waals surface area contributed by atoms with E-state index in [2.05, 4.69) is 26.5 Å². The summed E-state index contributed by atoms with van der Waals surface area (Å²) in [7, 11) is 0. The molecule has 0 N–H and O–H groups in total. The van der Waals surface area contributed by atoms with Gasteiger partial charge in [0.25, 0.3) is 0 Å². The summed E-state index contributed by atoms with van der Waals surface area (Å²) in [4.78, 5) is 0. The van der Waals surface area contributed by atoms with Crippen LogP contribution in [0.25, 0.3) is 0 Å². The van der Waals surface area contributed by atoms with Gasteiger partial charge in [-0.1, -0.05) is 30.7 Å². The lowest BCUT2D eigenvalue weighted by atomic mass is 9.88. The summed E-state index contributed by atoms with van der Waals surface area (Å²) in [5.41, 5.74) is 2.79. The number of rotatable bonds is 0. The van der Waals surface area contributed by atoms with Crippen LogP contribution in [-0.2, 0) is 0 Å². The Kier molecular flexibility index (Phi) is 1.75. The highest BCUT2D eigenvalue weighted by Crippen LogP contribution is 2.25. The molecule has 0 saturated carbocycles. The molecular formula is C9H14. The molecule has 0 heterocycles. The lowest BCUT2D eigenvalue weighted by molar-refractivity contribution is 0.603. The van der Waals surface area contributed by atoms with Crippen molar-refractivity contribution in [2.45, 2.75) is 26.7 Å². The second-order valence-corrected chi connectivity index (χ2v) is 3.01. The van der Waals surface area contributed by atoms with E-state index in [1.165, 1.54) is 24.0 Å². The Labute approximate surface area is 57.3 Å². The summed E-state index contributed by atoms with van der Waals surface area (Å²) >= 11 is 0. The number of allylic oxidation sites excluding steroid dienone is 3. The van der Waals surface area contributed by atoms with E-state index < -0.39 is 0 Å². The largest absolute Gasteiger partial charge is 0.0956 e. The van der Waals surface area contributed by atoms with Crippen LogP contribution in [0.3, 0.4) is 0 Å². The predicted molar refractivity (Wildman–Crippen MR) is 41.3 cm³/mol. The minimum Gasteiger partial charge on any atom is -0.0956 e. The maximum absolute atomic E-state index is 3.97. The maximum atomic E-state index is 3.97. The van der Waals surface area contributed by atoms with Crippen molar-refractivity contribution in [3.05, 3.63) is 23.8 Å². The quantitative estimate of drug-likeness (QED) is 0.463. The first kappa shape index (κ1) is 6.60. The highest BCUT2D eigenvalue weighted by molar-refractivity contribution is 5.25. The van der Waals surface area contributed by atoms with Crippen LogP contribution in [0.5, 0.6) is 0 Å². The summed E-state index contributed by atoms with van der Waals surface area (Å²) < 4.78 is 0. The fraction of sp³-hybridized carbons (Fsp3) is 0.556. The van der Waals surface area contributed by atoms with E-state index in [9.17, 15) is 0 Å².